The summed E-state index contributed by atoms with van der Waals surface area (Å²) in [6.45, 7) is 7.09. The number of aromatic amines is 1. The molecule has 16 heavy (non-hydrogen) atoms. The molecule has 0 radical (unpaired) electrons. The van der Waals surface area contributed by atoms with Gasteiger partial charge in [-0.05, 0) is 39.9 Å². The third kappa shape index (κ3) is 4.01. The monoisotopic (exact) mass is 245 g/mol. The van der Waals surface area contributed by atoms with Gasteiger partial charge in [0.25, 0.3) is 4.84 Å². The van der Waals surface area contributed by atoms with Gasteiger partial charge in [0.1, 0.15) is 11.6 Å². The molecule has 0 aliphatic rings. The Hall–Kier alpha value is -1.37. The molecule has 1 heterocycles. The van der Waals surface area contributed by atoms with Gasteiger partial charge < -0.3 is 14.5 Å². The van der Waals surface area contributed by atoms with Gasteiger partial charge in [0.05, 0.1) is 0 Å². The highest BCUT2D eigenvalue weighted by Crippen LogP contribution is 2.11. The van der Waals surface area contributed by atoms with Crippen LogP contribution in [-0.4, -0.2) is 21.9 Å². The van der Waals surface area contributed by atoms with Crippen molar-refractivity contribution in [3.05, 3.63) is 10.7 Å². The molecule has 6 nitrogen and oxygen atoms in total. The zero-order valence-corrected chi connectivity index (χ0v) is 10.5. The highest BCUT2D eigenvalue weighted by Gasteiger charge is 2.20. The van der Waals surface area contributed by atoms with Crippen molar-refractivity contribution in [2.45, 2.75) is 39.3 Å². The van der Waals surface area contributed by atoms with Gasteiger partial charge in [0.15, 0.2) is 0 Å². The second-order valence-corrected chi connectivity index (χ2v) is 4.69. The maximum atomic E-state index is 11.4. The number of aromatic nitrogens is 2. The van der Waals surface area contributed by atoms with E-state index in [0.717, 1.165) is 0 Å². The summed E-state index contributed by atoms with van der Waals surface area (Å²) < 4.78 is 10.1. The first-order chi connectivity index (χ1) is 7.28. The van der Waals surface area contributed by atoms with Crippen LogP contribution in [-0.2, 0) is 4.74 Å². The first-order valence-electron chi connectivity index (χ1n) is 4.83. The van der Waals surface area contributed by atoms with Crippen LogP contribution >= 0.6 is 12.2 Å². The van der Waals surface area contributed by atoms with Crippen molar-refractivity contribution in [3.8, 4) is 0 Å². The average Bonchev–Trinajstić information content (AvgIpc) is 2.47. The van der Waals surface area contributed by atoms with E-state index in [-0.39, 0.29) is 4.84 Å². The lowest BCUT2D eigenvalue weighted by molar-refractivity contribution is 0.0500. The van der Waals surface area contributed by atoms with Gasteiger partial charge in [-0.1, -0.05) is 0 Å². The van der Waals surface area contributed by atoms with Crippen molar-refractivity contribution in [1.29, 1.82) is 0 Å². The van der Waals surface area contributed by atoms with Crippen molar-refractivity contribution < 1.29 is 13.9 Å². The third-order valence-corrected chi connectivity index (χ3v) is 1.73. The van der Waals surface area contributed by atoms with E-state index in [2.05, 4.69) is 15.5 Å². The first-order valence-corrected chi connectivity index (χ1v) is 5.23. The minimum Gasteiger partial charge on any atom is -0.444 e. The van der Waals surface area contributed by atoms with E-state index in [1.54, 1.807) is 27.7 Å². The van der Waals surface area contributed by atoms with E-state index in [0.29, 0.717) is 5.89 Å². The van der Waals surface area contributed by atoms with Crippen LogP contribution < -0.4 is 5.32 Å². The maximum absolute atomic E-state index is 11.4. The molecular formula is C9H15N3O3S. The smallest absolute Gasteiger partial charge is 0.408 e. The molecule has 0 aliphatic heterocycles. The molecule has 0 unspecified atom stereocenters. The number of nitrogens with one attached hydrogen (secondary N) is 2. The van der Waals surface area contributed by atoms with Crippen LogP contribution in [0.15, 0.2) is 4.42 Å². The highest BCUT2D eigenvalue weighted by molar-refractivity contribution is 7.71. The molecule has 0 saturated carbocycles. The summed E-state index contributed by atoms with van der Waals surface area (Å²) in [5.74, 6) is 0.316. The number of carbonyl (C=O) groups is 1. The first kappa shape index (κ1) is 12.7. The molecule has 2 N–H and O–H groups in total. The Bertz CT molecular complexity index is 418. The van der Waals surface area contributed by atoms with E-state index in [1.165, 1.54) is 0 Å². The molecule has 0 aromatic carbocycles. The zero-order valence-electron chi connectivity index (χ0n) is 9.66. The van der Waals surface area contributed by atoms with Crippen molar-refractivity contribution in [3.63, 3.8) is 0 Å². The molecule has 0 saturated heterocycles. The average molecular weight is 245 g/mol. The van der Waals surface area contributed by atoms with Crippen molar-refractivity contribution in [2.75, 3.05) is 0 Å². The highest BCUT2D eigenvalue weighted by atomic mass is 32.1. The predicted molar refractivity (Wildman–Crippen MR) is 59.5 cm³/mol. The van der Waals surface area contributed by atoms with E-state index < -0.39 is 17.7 Å². The van der Waals surface area contributed by atoms with Crippen LogP contribution in [0.3, 0.4) is 0 Å². The van der Waals surface area contributed by atoms with E-state index in [4.69, 9.17) is 21.4 Å². The van der Waals surface area contributed by atoms with Crippen molar-refractivity contribution >= 4 is 18.3 Å². The molecule has 0 bridgehead atoms. The van der Waals surface area contributed by atoms with E-state index in [1.807, 2.05) is 0 Å². The third-order valence-electron chi connectivity index (χ3n) is 1.56. The number of nitrogens with zero attached hydrogens (tertiary/aromatic N) is 1. The molecule has 1 aromatic rings. The molecule has 0 fully saturated rings. The standard InChI is InChI=1S/C9H15N3O3S/c1-5(6-11-12-8(16)14-6)10-7(13)15-9(2,3)4/h5H,1-4H3,(H,10,13)(H,12,16)/t5-/m1/s1. The number of amides is 1. The fourth-order valence-corrected chi connectivity index (χ4v) is 1.10. The lowest BCUT2D eigenvalue weighted by Crippen LogP contribution is -2.34. The SMILES string of the molecule is C[C@@H](NC(=O)OC(C)(C)C)c1n[nH]c(=S)o1. The van der Waals surface area contributed by atoms with E-state index >= 15 is 0 Å². The number of rotatable bonds is 2. The summed E-state index contributed by atoms with van der Waals surface area (Å²) in [6.07, 6.45) is -0.524. The van der Waals surface area contributed by atoms with Crippen molar-refractivity contribution in [2.24, 2.45) is 0 Å². The molecule has 0 spiro atoms. The van der Waals surface area contributed by atoms with Gasteiger partial charge in [0.2, 0.25) is 5.89 Å². The fraction of sp³-hybridized carbons (Fsp3) is 0.667. The van der Waals surface area contributed by atoms with Crippen LogP contribution in [0.1, 0.15) is 39.6 Å². The Labute approximate surface area is 98.4 Å². The van der Waals surface area contributed by atoms with Gasteiger partial charge in [-0.25, -0.2) is 9.89 Å². The van der Waals surface area contributed by atoms with Gasteiger partial charge in [-0.15, -0.1) is 5.10 Å². The number of hydrogen-bond donors (Lipinski definition) is 2. The topological polar surface area (TPSA) is 80.1 Å². The second-order valence-electron chi connectivity index (χ2n) is 4.32. The van der Waals surface area contributed by atoms with Gasteiger partial charge in [-0.2, -0.15) is 0 Å². The molecule has 1 rings (SSSR count). The summed E-state index contributed by atoms with van der Waals surface area (Å²) in [4.78, 5) is 11.6. The number of H-pyrrole nitrogens is 1. The number of alkyl carbamates (subject to hydrolysis) is 1. The van der Waals surface area contributed by atoms with Crippen LogP contribution in [0.25, 0.3) is 0 Å². The van der Waals surface area contributed by atoms with E-state index in [9.17, 15) is 4.79 Å². The number of carbonyl (C=O) groups excluding carboxylic acids is 1. The van der Waals surface area contributed by atoms with Crippen LogP contribution in [0.5, 0.6) is 0 Å². The van der Waals surface area contributed by atoms with Crippen LogP contribution in [0, 0.1) is 4.84 Å². The summed E-state index contributed by atoms with van der Waals surface area (Å²) in [6, 6.07) is -0.400. The number of ether oxygens (including phenoxy) is 1. The Morgan fingerprint density at radius 3 is 2.69 bits per heavy atom. The largest absolute Gasteiger partial charge is 0.444 e. The predicted octanol–water partition coefficient (Wildman–Crippen LogP) is 2.32. The molecule has 0 aliphatic carbocycles. The molecular weight excluding hydrogens is 230 g/mol. The Morgan fingerprint density at radius 2 is 2.25 bits per heavy atom. The molecule has 7 heteroatoms. The molecule has 1 aromatic heterocycles. The lowest BCUT2D eigenvalue weighted by atomic mass is 10.2. The molecule has 1 amide bonds. The Morgan fingerprint density at radius 1 is 1.62 bits per heavy atom. The quantitative estimate of drug-likeness (QED) is 0.781. The van der Waals surface area contributed by atoms with Gasteiger partial charge in [-0.3, -0.25) is 0 Å². The minimum atomic E-state index is -0.532. The number of hydrogen-bond acceptors (Lipinski definition) is 5. The Kier molecular flexibility index (Phi) is 3.69. The molecule has 1 atom stereocenters. The summed E-state index contributed by atoms with van der Waals surface area (Å²) in [7, 11) is 0. The van der Waals surface area contributed by atoms with Crippen molar-refractivity contribution in [1.82, 2.24) is 15.5 Å². The normalized spacial score (nSPS) is 13.2. The fourth-order valence-electron chi connectivity index (χ4n) is 0.973. The van der Waals surface area contributed by atoms with Crippen LogP contribution in [0.4, 0.5) is 4.79 Å². The summed E-state index contributed by atoms with van der Waals surface area (Å²) in [5, 5.41) is 8.86. The zero-order chi connectivity index (χ0) is 12.3. The lowest BCUT2D eigenvalue weighted by Gasteiger charge is -2.20. The Balaban J connectivity index is 2.55. The van der Waals surface area contributed by atoms with Gasteiger partial charge in [0, 0.05) is 0 Å². The summed E-state index contributed by atoms with van der Waals surface area (Å²) >= 11 is 4.72. The van der Waals surface area contributed by atoms with Crippen LogP contribution in [0.2, 0.25) is 0 Å². The minimum absolute atomic E-state index is 0.174. The maximum Gasteiger partial charge on any atom is 0.408 e. The van der Waals surface area contributed by atoms with Gasteiger partial charge >= 0.3 is 6.09 Å². The molecule has 90 valence electrons. The second kappa shape index (κ2) is 4.65. The summed E-state index contributed by atoms with van der Waals surface area (Å²) in [5.41, 5.74) is -0.532.